The maximum Gasteiger partial charge on any atom is 0.573 e. The quantitative estimate of drug-likeness (QED) is 0.603. The molecule has 0 amide bonds. The Morgan fingerprint density at radius 2 is 1.87 bits per heavy atom. The summed E-state index contributed by atoms with van der Waals surface area (Å²) in [4.78, 5) is 29.1. The second-order valence-electron chi connectivity index (χ2n) is 6.22. The standard InChI is InChI=1S/C18H16ClF3N4O4/c1-4-10(19)9-26-13-14(24(2)17(28)25(3)15(13)27)23-16(26)29-11-6-5-7-12(8-11)30-18(20,21)22/h4-8H,9H2,1-3H3/b10-4+. The molecule has 2 aromatic heterocycles. The fraction of sp³-hybridized carbons (Fsp3) is 0.278. The van der Waals surface area contributed by atoms with Crippen LogP contribution in [0.3, 0.4) is 0 Å². The van der Waals surface area contributed by atoms with Gasteiger partial charge in [-0.25, -0.2) is 4.79 Å². The Hall–Kier alpha value is -3.21. The van der Waals surface area contributed by atoms with Gasteiger partial charge in [-0.3, -0.25) is 18.5 Å². The number of rotatable bonds is 5. The Morgan fingerprint density at radius 3 is 2.50 bits per heavy atom. The Bertz CT molecular complexity index is 1260. The lowest BCUT2D eigenvalue weighted by atomic mass is 10.3. The fourth-order valence-electron chi connectivity index (χ4n) is 2.73. The lowest BCUT2D eigenvalue weighted by Gasteiger charge is -2.11. The van der Waals surface area contributed by atoms with Crippen LogP contribution in [0, 0.1) is 0 Å². The van der Waals surface area contributed by atoms with Crippen molar-refractivity contribution in [2.75, 3.05) is 0 Å². The largest absolute Gasteiger partial charge is 0.573 e. The topological polar surface area (TPSA) is 80.3 Å². The van der Waals surface area contributed by atoms with E-state index in [9.17, 15) is 22.8 Å². The number of hydrogen-bond donors (Lipinski definition) is 0. The summed E-state index contributed by atoms with van der Waals surface area (Å²) >= 11 is 6.13. The average Bonchev–Trinajstić information content (AvgIpc) is 3.01. The van der Waals surface area contributed by atoms with Crippen molar-refractivity contribution in [2.45, 2.75) is 19.8 Å². The molecule has 0 bridgehead atoms. The molecule has 2 heterocycles. The predicted octanol–water partition coefficient (Wildman–Crippen LogP) is 3.27. The van der Waals surface area contributed by atoms with Crippen LogP contribution in [0.25, 0.3) is 11.2 Å². The van der Waals surface area contributed by atoms with E-state index in [0.29, 0.717) is 5.03 Å². The summed E-state index contributed by atoms with van der Waals surface area (Å²) in [6, 6.07) is 4.69. The summed E-state index contributed by atoms with van der Waals surface area (Å²) in [7, 11) is 2.75. The third kappa shape index (κ3) is 4.20. The summed E-state index contributed by atoms with van der Waals surface area (Å²) in [5.74, 6) is -0.510. The Kier molecular flexibility index (Phi) is 5.66. The van der Waals surface area contributed by atoms with E-state index in [-0.39, 0.29) is 29.5 Å². The molecule has 0 fully saturated rings. The van der Waals surface area contributed by atoms with Crippen LogP contribution in [0.15, 0.2) is 45.0 Å². The van der Waals surface area contributed by atoms with E-state index in [0.717, 1.165) is 21.3 Å². The second kappa shape index (κ2) is 7.90. The number of nitrogens with zero attached hydrogens (tertiary/aromatic N) is 4. The average molecular weight is 445 g/mol. The number of imidazole rings is 1. The SMILES string of the molecule is C/C=C(/Cl)Cn1c(Oc2cccc(OC(F)(F)F)c2)nc2c1c(=O)n(C)c(=O)n2C. The van der Waals surface area contributed by atoms with Crippen LogP contribution < -0.4 is 20.7 Å². The molecule has 160 valence electrons. The van der Waals surface area contributed by atoms with E-state index in [4.69, 9.17) is 16.3 Å². The highest BCUT2D eigenvalue weighted by Gasteiger charge is 2.31. The molecule has 0 spiro atoms. The van der Waals surface area contributed by atoms with Gasteiger partial charge in [-0.05, 0) is 19.1 Å². The van der Waals surface area contributed by atoms with E-state index in [1.807, 2.05) is 0 Å². The molecule has 0 aliphatic carbocycles. The van der Waals surface area contributed by atoms with Gasteiger partial charge >= 0.3 is 18.1 Å². The molecule has 0 atom stereocenters. The van der Waals surface area contributed by atoms with Crippen molar-refractivity contribution in [3.05, 3.63) is 56.2 Å². The maximum atomic E-state index is 12.7. The molecule has 0 unspecified atom stereocenters. The predicted molar refractivity (Wildman–Crippen MR) is 103 cm³/mol. The third-order valence-electron chi connectivity index (χ3n) is 4.18. The minimum absolute atomic E-state index is 0.00389. The first kappa shape index (κ1) is 21.5. The van der Waals surface area contributed by atoms with Gasteiger partial charge in [0.2, 0.25) is 0 Å². The van der Waals surface area contributed by atoms with E-state index in [2.05, 4.69) is 9.72 Å². The molecular formula is C18H16ClF3N4O4. The summed E-state index contributed by atoms with van der Waals surface area (Å²) in [6.07, 6.45) is -3.27. The first-order valence-corrected chi connectivity index (χ1v) is 8.90. The molecule has 1 aromatic carbocycles. The zero-order valence-corrected chi connectivity index (χ0v) is 16.8. The molecule has 3 rings (SSSR count). The number of ether oxygens (including phenoxy) is 2. The number of alkyl halides is 3. The van der Waals surface area contributed by atoms with Crippen LogP contribution >= 0.6 is 11.6 Å². The number of aromatic nitrogens is 4. The monoisotopic (exact) mass is 444 g/mol. The van der Waals surface area contributed by atoms with Gasteiger partial charge in [-0.1, -0.05) is 23.7 Å². The van der Waals surface area contributed by atoms with Crippen molar-refractivity contribution in [1.82, 2.24) is 18.7 Å². The van der Waals surface area contributed by atoms with Gasteiger partial charge in [0, 0.05) is 25.2 Å². The Morgan fingerprint density at radius 1 is 1.20 bits per heavy atom. The first-order chi connectivity index (χ1) is 14.0. The van der Waals surface area contributed by atoms with Crippen molar-refractivity contribution in [2.24, 2.45) is 14.1 Å². The van der Waals surface area contributed by atoms with Crippen LogP contribution in [0.2, 0.25) is 0 Å². The van der Waals surface area contributed by atoms with Crippen molar-refractivity contribution in [3.8, 4) is 17.5 Å². The molecule has 0 saturated carbocycles. The molecular weight excluding hydrogens is 429 g/mol. The van der Waals surface area contributed by atoms with Gasteiger partial charge in [0.15, 0.2) is 11.2 Å². The molecule has 0 aliphatic rings. The number of benzene rings is 1. The van der Waals surface area contributed by atoms with Gasteiger partial charge < -0.3 is 9.47 Å². The maximum absolute atomic E-state index is 12.7. The van der Waals surface area contributed by atoms with E-state index < -0.39 is 23.4 Å². The molecule has 0 saturated heterocycles. The molecule has 3 aromatic rings. The van der Waals surface area contributed by atoms with Crippen molar-refractivity contribution in [1.29, 1.82) is 0 Å². The van der Waals surface area contributed by atoms with Crippen LogP contribution in [0.4, 0.5) is 13.2 Å². The van der Waals surface area contributed by atoms with Gasteiger partial charge in [-0.15, -0.1) is 13.2 Å². The van der Waals surface area contributed by atoms with Crippen LogP contribution in [0.1, 0.15) is 6.92 Å². The van der Waals surface area contributed by atoms with Crippen molar-refractivity contribution in [3.63, 3.8) is 0 Å². The molecule has 8 nitrogen and oxygen atoms in total. The van der Waals surface area contributed by atoms with Gasteiger partial charge in [0.05, 0.1) is 6.54 Å². The van der Waals surface area contributed by atoms with Gasteiger partial charge in [0.1, 0.15) is 11.5 Å². The Labute approximate surface area is 172 Å². The third-order valence-corrected chi connectivity index (χ3v) is 4.52. The van der Waals surface area contributed by atoms with Crippen LogP contribution in [-0.4, -0.2) is 25.0 Å². The van der Waals surface area contributed by atoms with E-state index in [1.54, 1.807) is 13.0 Å². The van der Waals surface area contributed by atoms with Crippen LogP contribution in [-0.2, 0) is 20.6 Å². The molecule has 0 aliphatic heterocycles. The molecule has 12 heteroatoms. The number of aryl methyl sites for hydroxylation is 1. The number of hydrogen-bond acceptors (Lipinski definition) is 5. The summed E-state index contributed by atoms with van der Waals surface area (Å²) in [5.41, 5.74) is -1.12. The second-order valence-corrected chi connectivity index (χ2v) is 6.70. The summed E-state index contributed by atoms with van der Waals surface area (Å²) in [6.45, 7) is 1.68. The highest BCUT2D eigenvalue weighted by atomic mass is 35.5. The number of halogens is 4. The minimum atomic E-state index is -4.87. The molecule has 0 N–H and O–H groups in total. The summed E-state index contributed by atoms with van der Waals surface area (Å²) in [5, 5.41) is 0.351. The number of allylic oxidation sites excluding steroid dienone is 2. The smallest absolute Gasteiger partial charge is 0.425 e. The van der Waals surface area contributed by atoms with Crippen LogP contribution in [0.5, 0.6) is 17.5 Å². The normalized spacial score (nSPS) is 12.4. The molecule has 30 heavy (non-hydrogen) atoms. The van der Waals surface area contributed by atoms with E-state index in [1.165, 1.54) is 30.8 Å². The zero-order chi connectivity index (χ0) is 22.2. The fourth-order valence-corrected chi connectivity index (χ4v) is 2.85. The molecule has 0 radical (unpaired) electrons. The zero-order valence-electron chi connectivity index (χ0n) is 16.0. The lowest BCUT2D eigenvalue weighted by molar-refractivity contribution is -0.274. The Balaban J connectivity index is 2.16. The highest BCUT2D eigenvalue weighted by molar-refractivity contribution is 6.29. The van der Waals surface area contributed by atoms with Crippen molar-refractivity contribution < 1.29 is 22.6 Å². The highest BCUT2D eigenvalue weighted by Crippen LogP contribution is 2.30. The van der Waals surface area contributed by atoms with Gasteiger partial charge in [-0.2, -0.15) is 4.98 Å². The lowest BCUT2D eigenvalue weighted by Crippen LogP contribution is -2.37. The number of fused-ring (bicyclic) bond motifs is 1. The summed E-state index contributed by atoms with van der Waals surface area (Å²) < 4.78 is 50.4. The first-order valence-electron chi connectivity index (χ1n) is 8.52. The van der Waals surface area contributed by atoms with Crippen molar-refractivity contribution >= 4 is 22.8 Å². The minimum Gasteiger partial charge on any atom is -0.425 e. The van der Waals surface area contributed by atoms with E-state index >= 15 is 0 Å². The van der Waals surface area contributed by atoms with Gasteiger partial charge in [0.25, 0.3) is 5.56 Å².